The van der Waals surface area contributed by atoms with Crippen LogP contribution in [-0.4, -0.2) is 48.1 Å². The van der Waals surface area contributed by atoms with Crippen molar-refractivity contribution in [1.29, 1.82) is 0 Å². The van der Waals surface area contributed by atoms with Crippen molar-refractivity contribution in [3.8, 4) is 22.5 Å². The molecule has 1 N–H and O–H groups in total. The fourth-order valence-corrected chi connectivity index (χ4v) is 3.79. The smallest absolute Gasteiger partial charge is 0.142 e. The summed E-state index contributed by atoms with van der Waals surface area (Å²) in [7, 11) is 3.76. The van der Waals surface area contributed by atoms with Crippen LogP contribution >= 0.6 is 0 Å². The van der Waals surface area contributed by atoms with E-state index in [-0.39, 0.29) is 0 Å². The minimum atomic E-state index is 0.681. The third kappa shape index (κ3) is 4.09. The Kier molecular flexibility index (Phi) is 5.74. The van der Waals surface area contributed by atoms with Crippen LogP contribution in [0.25, 0.3) is 22.5 Å². The molecule has 0 aliphatic heterocycles. The third-order valence-electron chi connectivity index (χ3n) is 5.31. The molecular formula is C23H25N3O3. The molecule has 0 amide bonds. The van der Waals surface area contributed by atoms with E-state index in [2.05, 4.69) is 34.2 Å². The minimum absolute atomic E-state index is 0.681. The average molecular weight is 391 g/mol. The lowest BCUT2D eigenvalue weighted by Crippen LogP contribution is -2.21. The molecule has 1 aromatic carbocycles. The summed E-state index contributed by atoms with van der Waals surface area (Å²) in [6.07, 6.45) is 5.23. The van der Waals surface area contributed by atoms with E-state index in [1.807, 2.05) is 24.3 Å². The second kappa shape index (κ2) is 8.59. The van der Waals surface area contributed by atoms with Crippen LogP contribution in [0.4, 0.5) is 0 Å². The van der Waals surface area contributed by atoms with Crippen LogP contribution in [0, 0.1) is 0 Å². The highest BCUT2D eigenvalue weighted by Gasteiger charge is 2.21. The zero-order valence-electron chi connectivity index (χ0n) is 16.8. The molecule has 0 saturated carbocycles. The first-order valence-corrected chi connectivity index (χ1v) is 9.74. The molecule has 6 nitrogen and oxygen atoms in total. The molecule has 2 heterocycles. The molecule has 0 fully saturated rings. The normalized spacial score (nSPS) is 14.7. The van der Waals surface area contributed by atoms with Gasteiger partial charge in [0.05, 0.1) is 18.9 Å². The van der Waals surface area contributed by atoms with Crippen LogP contribution < -0.4 is 0 Å². The zero-order chi connectivity index (χ0) is 20.2. The van der Waals surface area contributed by atoms with Gasteiger partial charge in [0, 0.05) is 42.7 Å². The van der Waals surface area contributed by atoms with E-state index in [1.54, 1.807) is 19.5 Å². The Morgan fingerprint density at radius 2 is 1.93 bits per heavy atom. The summed E-state index contributed by atoms with van der Waals surface area (Å²) in [6.45, 7) is 2.22. The van der Waals surface area contributed by atoms with Gasteiger partial charge in [0.2, 0.25) is 0 Å². The molecule has 6 heteroatoms. The summed E-state index contributed by atoms with van der Waals surface area (Å²) < 4.78 is 11.5. The van der Waals surface area contributed by atoms with E-state index in [0.29, 0.717) is 13.2 Å². The summed E-state index contributed by atoms with van der Waals surface area (Å²) in [5, 5.41) is 12.6. The van der Waals surface area contributed by atoms with Gasteiger partial charge < -0.3 is 14.4 Å². The molecule has 0 bridgehead atoms. The maximum absolute atomic E-state index is 9.19. The van der Waals surface area contributed by atoms with E-state index in [9.17, 15) is 5.21 Å². The van der Waals surface area contributed by atoms with Crippen LogP contribution in [0.1, 0.15) is 23.3 Å². The summed E-state index contributed by atoms with van der Waals surface area (Å²) in [5.41, 5.74) is 6.11. The number of aromatic nitrogens is 1. The fourth-order valence-electron chi connectivity index (χ4n) is 3.79. The fraction of sp³-hybridized carbons (Fsp3) is 0.304. The Balaban J connectivity index is 1.72. The average Bonchev–Trinajstić information content (AvgIpc) is 3.36. The van der Waals surface area contributed by atoms with E-state index in [1.165, 1.54) is 5.56 Å². The minimum Gasteiger partial charge on any atom is -0.459 e. The van der Waals surface area contributed by atoms with Gasteiger partial charge in [0.1, 0.15) is 11.5 Å². The van der Waals surface area contributed by atoms with Gasteiger partial charge in [-0.3, -0.25) is 9.88 Å². The van der Waals surface area contributed by atoms with E-state index in [0.717, 1.165) is 58.9 Å². The first kappa shape index (κ1) is 19.4. The highest BCUT2D eigenvalue weighted by Crippen LogP contribution is 2.37. The number of nitrogens with zero attached hydrogens (tertiary/aromatic N) is 3. The predicted octanol–water partition coefficient (Wildman–Crippen LogP) is 4.21. The number of oxime groups is 1. The van der Waals surface area contributed by atoms with E-state index >= 15 is 0 Å². The molecule has 29 heavy (non-hydrogen) atoms. The summed E-state index contributed by atoms with van der Waals surface area (Å²) in [4.78, 5) is 6.31. The van der Waals surface area contributed by atoms with Crippen LogP contribution in [0.3, 0.4) is 0 Å². The van der Waals surface area contributed by atoms with Gasteiger partial charge in [0.25, 0.3) is 0 Å². The molecule has 0 saturated heterocycles. The maximum Gasteiger partial charge on any atom is 0.142 e. The number of ether oxygens (including phenoxy) is 1. The number of hydrogen-bond acceptors (Lipinski definition) is 6. The summed E-state index contributed by atoms with van der Waals surface area (Å²) >= 11 is 0. The van der Waals surface area contributed by atoms with Crippen LogP contribution in [0.15, 0.2) is 58.4 Å². The van der Waals surface area contributed by atoms with Crippen molar-refractivity contribution >= 4 is 5.71 Å². The standard InChI is InChI=1S/C23H25N3O3/c1-26(11-12-28-2)15-19-14-21(16-7-9-24-10-8-16)23(29-19)18-3-5-20-17(13-18)4-6-22(20)25-27/h3,5,7-10,13-14,27H,4,6,11-12,15H2,1-2H3/b25-22-. The zero-order valence-corrected chi connectivity index (χ0v) is 16.8. The quantitative estimate of drug-likeness (QED) is 0.482. The molecule has 150 valence electrons. The Morgan fingerprint density at radius 3 is 2.69 bits per heavy atom. The number of furan rings is 1. The number of pyridine rings is 1. The number of aryl methyl sites for hydroxylation is 1. The van der Waals surface area contributed by atoms with Crippen molar-refractivity contribution in [2.75, 3.05) is 27.3 Å². The van der Waals surface area contributed by atoms with Gasteiger partial charge in [-0.25, -0.2) is 0 Å². The Labute approximate surface area is 170 Å². The second-order valence-electron chi connectivity index (χ2n) is 7.34. The SMILES string of the molecule is COCCN(C)Cc1cc(-c2ccncc2)c(-c2ccc3c(c2)CC/C3=N/O)o1. The van der Waals surface area contributed by atoms with Crippen molar-refractivity contribution in [2.24, 2.45) is 5.16 Å². The third-order valence-corrected chi connectivity index (χ3v) is 5.31. The topological polar surface area (TPSA) is 71.1 Å². The molecule has 1 aliphatic carbocycles. The molecule has 0 radical (unpaired) electrons. The molecule has 4 rings (SSSR count). The first-order chi connectivity index (χ1) is 14.2. The molecule has 0 spiro atoms. The van der Waals surface area contributed by atoms with Crippen LogP contribution in [0.5, 0.6) is 0 Å². The summed E-state index contributed by atoms with van der Waals surface area (Å²) in [6, 6.07) is 12.3. The van der Waals surface area contributed by atoms with E-state index < -0.39 is 0 Å². The molecule has 2 aromatic heterocycles. The number of benzene rings is 1. The van der Waals surface area contributed by atoms with Crippen molar-refractivity contribution < 1.29 is 14.4 Å². The lowest BCUT2D eigenvalue weighted by Gasteiger charge is -2.13. The Morgan fingerprint density at radius 1 is 1.10 bits per heavy atom. The summed E-state index contributed by atoms with van der Waals surface area (Å²) in [5.74, 6) is 1.76. The molecule has 1 aliphatic rings. The molecule has 3 aromatic rings. The number of methoxy groups -OCH3 is 1. The van der Waals surface area contributed by atoms with Crippen molar-refractivity contribution in [3.05, 3.63) is 65.7 Å². The first-order valence-electron chi connectivity index (χ1n) is 9.74. The van der Waals surface area contributed by atoms with Crippen molar-refractivity contribution in [1.82, 2.24) is 9.88 Å². The largest absolute Gasteiger partial charge is 0.459 e. The van der Waals surface area contributed by atoms with Gasteiger partial charge in [-0.15, -0.1) is 0 Å². The van der Waals surface area contributed by atoms with Gasteiger partial charge in [-0.1, -0.05) is 17.3 Å². The number of fused-ring (bicyclic) bond motifs is 1. The molecule has 0 atom stereocenters. The van der Waals surface area contributed by atoms with Gasteiger partial charge in [-0.05, 0) is 55.3 Å². The predicted molar refractivity (Wildman–Crippen MR) is 112 cm³/mol. The lowest BCUT2D eigenvalue weighted by molar-refractivity contribution is 0.155. The number of rotatable bonds is 7. The molecule has 0 unspecified atom stereocenters. The van der Waals surface area contributed by atoms with Crippen molar-refractivity contribution in [2.45, 2.75) is 19.4 Å². The van der Waals surface area contributed by atoms with Crippen molar-refractivity contribution in [3.63, 3.8) is 0 Å². The maximum atomic E-state index is 9.19. The van der Waals surface area contributed by atoms with Gasteiger partial charge >= 0.3 is 0 Å². The van der Waals surface area contributed by atoms with Crippen LogP contribution in [0.2, 0.25) is 0 Å². The monoisotopic (exact) mass is 391 g/mol. The Bertz CT molecular complexity index is 1010. The second-order valence-corrected chi connectivity index (χ2v) is 7.34. The van der Waals surface area contributed by atoms with E-state index in [4.69, 9.17) is 9.15 Å². The lowest BCUT2D eigenvalue weighted by atomic mass is 9.99. The number of likely N-dealkylation sites (N-methyl/N-ethyl adjacent to an activating group) is 1. The highest BCUT2D eigenvalue weighted by molar-refractivity contribution is 6.04. The Hall–Kier alpha value is -2.96. The van der Waals surface area contributed by atoms with Gasteiger partial charge in [0.15, 0.2) is 0 Å². The van der Waals surface area contributed by atoms with Gasteiger partial charge in [-0.2, -0.15) is 0 Å². The number of hydrogen-bond donors (Lipinski definition) is 1. The van der Waals surface area contributed by atoms with Crippen LogP contribution in [-0.2, 0) is 17.7 Å². The molecular weight excluding hydrogens is 366 g/mol. The highest BCUT2D eigenvalue weighted by atomic mass is 16.5.